The SMILES string of the molecule is O=S(Cl)C1CCc2ccccc21. The summed E-state index contributed by atoms with van der Waals surface area (Å²) in [6.45, 7) is 0. The maximum Gasteiger partial charge on any atom is 0.122 e. The van der Waals surface area contributed by atoms with Crippen LogP contribution in [0.5, 0.6) is 0 Å². The molecule has 1 aromatic carbocycles. The molecule has 1 nitrogen and oxygen atoms in total. The van der Waals surface area contributed by atoms with Crippen LogP contribution in [-0.4, -0.2) is 4.21 Å². The highest BCUT2D eigenvalue weighted by Gasteiger charge is 2.25. The van der Waals surface area contributed by atoms with Gasteiger partial charge in [0, 0.05) is 0 Å². The molecule has 1 aromatic rings. The van der Waals surface area contributed by atoms with Crippen LogP contribution in [0.3, 0.4) is 0 Å². The zero-order valence-electron chi connectivity index (χ0n) is 6.50. The molecule has 1 aliphatic carbocycles. The van der Waals surface area contributed by atoms with Crippen molar-refractivity contribution in [2.75, 3.05) is 0 Å². The molecule has 0 aliphatic heterocycles. The van der Waals surface area contributed by atoms with Gasteiger partial charge in [-0.05, 0) is 34.7 Å². The predicted octanol–water partition coefficient (Wildman–Crippen LogP) is 2.58. The minimum atomic E-state index is -1.23. The van der Waals surface area contributed by atoms with Crippen molar-refractivity contribution < 1.29 is 4.21 Å². The minimum Gasteiger partial charge on any atom is -0.242 e. The first-order valence-electron chi connectivity index (χ1n) is 3.93. The van der Waals surface area contributed by atoms with Crippen molar-refractivity contribution in [1.82, 2.24) is 0 Å². The summed E-state index contributed by atoms with van der Waals surface area (Å²) in [5.41, 5.74) is 2.47. The lowest BCUT2D eigenvalue weighted by molar-refractivity contribution is 0.680. The Labute approximate surface area is 78.7 Å². The van der Waals surface area contributed by atoms with Crippen molar-refractivity contribution in [3.8, 4) is 0 Å². The summed E-state index contributed by atoms with van der Waals surface area (Å²) in [6, 6.07) is 8.09. The van der Waals surface area contributed by atoms with Crippen molar-refractivity contribution in [1.29, 1.82) is 0 Å². The molecule has 0 heterocycles. The van der Waals surface area contributed by atoms with Crippen LogP contribution in [0.2, 0.25) is 0 Å². The number of hydrogen-bond donors (Lipinski definition) is 0. The molecule has 0 bridgehead atoms. The van der Waals surface area contributed by atoms with Gasteiger partial charge in [-0.3, -0.25) is 0 Å². The van der Waals surface area contributed by atoms with E-state index in [0.29, 0.717) is 0 Å². The first kappa shape index (κ1) is 8.27. The third kappa shape index (κ3) is 1.29. The fourth-order valence-corrected chi connectivity index (χ4v) is 3.00. The Hall–Kier alpha value is -0.340. The fraction of sp³-hybridized carbons (Fsp3) is 0.333. The first-order valence-corrected chi connectivity index (χ1v) is 5.97. The largest absolute Gasteiger partial charge is 0.242 e. The summed E-state index contributed by atoms with van der Waals surface area (Å²) in [7, 11) is 4.35. The molecule has 0 fully saturated rings. The quantitative estimate of drug-likeness (QED) is 0.637. The second-order valence-corrected chi connectivity index (χ2v) is 4.95. The van der Waals surface area contributed by atoms with Gasteiger partial charge in [0.15, 0.2) is 0 Å². The number of hydrogen-bond acceptors (Lipinski definition) is 1. The molecule has 12 heavy (non-hydrogen) atoms. The lowest BCUT2D eigenvalue weighted by atomic mass is 10.1. The van der Waals surface area contributed by atoms with Crippen molar-refractivity contribution >= 4 is 20.7 Å². The second-order valence-electron chi connectivity index (χ2n) is 2.97. The number of rotatable bonds is 1. The highest BCUT2D eigenvalue weighted by molar-refractivity contribution is 8.08. The zero-order chi connectivity index (χ0) is 8.55. The highest BCUT2D eigenvalue weighted by atomic mass is 35.7. The molecule has 3 heteroatoms. The molecular formula is C9H9ClOS. The van der Waals surface area contributed by atoms with Crippen LogP contribution in [0.4, 0.5) is 0 Å². The van der Waals surface area contributed by atoms with E-state index in [1.54, 1.807) is 0 Å². The van der Waals surface area contributed by atoms with Crippen LogP contribution in [0, 0.1) is 0 Å². The molecule has 64 valence electrons. The second kappa shape index (κ2) is 3.19. The van der Waals surface area contributed by atoms with E-state index in [1.165, 1.54) is 11.1 Å². The lowest BCUT2D eigenvalue weighted by Gasteiger charge is -2.04. The summed E-state index contributed by atoms with van der Waals surface area (Å²) in [6.07, 6.45) is 1.94. The van der Waals surface area contributed by atoms with E-state index >= 15 is 0 Å². The Morgan fingerprint density at radius 3 is 2.92 bits per heavy atom. The minimum absolute atomic E-state index is 0.0582. The van der Waals surface area contributed by atoms with E-state index < -0.39 is 10.0 Å². The average molecular weight is 201 g/mol. The molecule has 0 spiro atoms. The Morgan fingerprint density at radius 1 is 1.42 bits per heavy atom. The molecule has 0 saturated carbocycles. The van der Waals surface area contributed by atoms with Crippen LogP contribution in [0.15, 0.2) is 24.3 Å². The van der Waals surface area contributed by atoms with E-state index in [-0.39, 0.29) is 5.25 Å². The summed E-state index contributed by atoms with van der Waals surface area (Å²) < 4.78 is 11.1. The monoisotopic (exact) mass is 200 g/mol. The van der Waals surface area contributed by atoms with Crippen LogP contribution < -0.4 is 0 Å². The van der Waals surface area contributed by atoms with E-state index in [1.807, 2.05) is 18.2 Å². The molecular weight excluding hydrogens is 192 g/mol. The highest BCUT2D eigenvalue weighted by Crippen LogP contribution is 2.36. The molecule has 0 N–H and O–H groups in total. The van der Waals surface area contributed by atoms with Gasteiger partial charge in [-0.1, -0.05) is 24.3 Å². The van der Waals surface area contributed by atoms with Gasteiger partial charge in [0.25, 0.3) is 0 Å². The maximum atomic E-state index is 11.1. The molecule has 2 rings (SSSR count). The maximum absolute atomic E-state index is 11.1. The number of aryl methyl sites for hydroxylation is 1. The molecule has 0 amide bonds. The molecule has 2 unspecified atom stereocenters. The van der Waals surface area contributed by atoms with Gasteiger partial charge >= 0.3 is 0 Å². The summed E-state index contributed by atoms with van der Waals surface area (Å²) in [4.78, 5) is 0. The van der Waals surface area contributed by atoms with Gasteiger partial charge in [0.05, 0.1) is 5.25 Å². The Bertz CT molecular complexity index is 324. The van der Waals surface area contributed by atoms with Gasteiger partial charge in [0.2, 0.25) is 0 Å². The summed E-state index contributed by atoms with van der Waals surface area (Å²) >= 11 is 0. The summed E-state index contributed by atoms with van der Waals surface area (Å²) in [5.74, 6) is 0. The van der Waals surface area contributed by atoms with Crippen molar-refractivity contribution in [3.63, 3.8) is 0 Å². The third-order valence-corrected chi connectivity index (χ3v) is 3.88. The van der Waals surface area contributed by atoms with Crippen molar-refractivity contribution in [2.24, 2.45) is 0 Å². The van der Waals surface area contributed by atoms with Gasteiger partial charge in [-0.2, -0.15) is 0 Å². The number of fused-ring (bicyclic) bond motifs is 1. The van der Waals surface area contributed by atoms with Crippen LogP contribution in [0.25, 0.3) is 0 Å². The van der Waals surface area contributed by atoms with Crippen LogP contribution in [-0.2, 0) is 16.4 Å². The number of halogens is 1. The van der Waals surface area contributed by atoms with Crippen LogP contribution >= 0.6 is 10.7 Å². The smallest absolute Gasteiger partial charge is 0.122 e. The third-order valence-electron chi connectivity index (χ3n) is 2.30. The molecule has 0 aromatic heterocycles. The molecule has 2 atom stereocenters. The van der Waals surface area contributed by atoms with Gasteiger partial charge in [-0.25, -0.2) is 4.21 Å². The van der Waals surface area contributed by atoms with Gasteiger partial charge in [-0.15, -0.1) is 0 Å². The normalized spacial score (nSPS) is 23.6. The molecule has 0 radical (unpaired) electrons. The van der Waals surface area contributed by atoms with Gasteiger partial charge in [0.1, 0.15) is 10.0 Å². The summed E-state index contributed by atoms with van der Waals surface area (Å²) in [5, 5.41) is 0.0582. The Kier molecular flexibility index (Phi) is 2.20. The Morgan fingerprint density at radius 2 is 2.17 bits per heavy atom. The molecule has 1 aliphatic rings. The van der Waals surface area contributed by atoms with E-state index in [0.717, 1.165) is 12.8 Å². The predicted molar refractivity (Wildman–Crippen MR) is 51.5 cm³/mol. The van der Waals surface area contributed by atoms with E-state index in [4.69, 9.17) is 10.7 Å². The zero-order valence-corrected chi connectivity index (χ0v) is 8.07. The first-order chi connectivity index (χ1) is 5.79. The fourth-order valence-electron chi connectivity index (χ4n) is 1.71. The molecule has 0 saturated heterocycles. The van der Waals surface area contributed by atoms with E-state index in [2.05, 4.69) is 6.07 Å². The topological polar surface area (TPSA) is 17.1 Å². The Balaban J connectivity index is 2.42. The standard InChI is InChI=1S/C9H9ClOS/c10-12(11)9-6-5-7-3-1-2-4-8(7)9/h1-4,9H,5-6H2. The van der Waals surface area contributed by atoms with E-state index in [9.17, 15) is 4.21 Å². The lowest BCUT2D eigenvalue weighted by Crippen LogP contribution is -1.95. The van der Waals surface area contributed by atoms with Crippen molar-refractivity contribution in [3.05, 3.63) is 35.4 Å². The average Bonchev–Trinajstić information content (AvgIpc) is 2.47. The van der Waals surface area contributed by atoms with Crippen LogP contribution in [0.1, 0.15) is 22.8 Å². The van der Waals surface area contributed by atoms with Crippen molar-refractivity contribution in [2.45, 2.75) is 18.1 Å². The number of benzene rings is 1. The van der Waals surface area contributed by atoms with Gasteiger partial charge < -0.3 is 0 Å².